The molecule has 0 aliphatic heterocycles. The van der Waals surface area contributed by atoms with E-state index in [2.05, 4.69) is 9.97 Å². The van der Waals surface area contributed by atoms with Crippen molar-refractivity contribution in [3.63, 3.8) is 0 Å². The van der Waals surface area contributed by atoms with Gasteiger partial charge in [-0.25, -0.2) is 14.4 Å². The SMILES string of the molecule is Fc1ccccc1Cn1c(-c2cccs2)nc2cccnc21. The van der Waals surface area contributed by atoms with Crippen molar-refractivity contribution in [2.75, 3.05) is 0 Å². The zero-order valence-electron chi connectivity index (χ0n) is 11.6. The van der Waals surface area contributed by atoms with E-state index in [-0.39, 0.29) is 5.82 Å². The number of halogens is 1. The second-order valence-corrected chi connectivity index (χ2v) is 5.88. The van der Waals surface area contributed by atoms with Crippen LogP contribution in [0, 0.1) is 5.82 Å². The van der Waals surface area contributed by atoms with Crippen LogP contribution in [0.2, 0.25) is 0 Å². The van der Waals surface area contributed by atoms with Gasteiger partial charge in [0.05, 0.1) is 11.4 Å². The van der Waals surface area contributed by atoms with Gasteiger partial charge in [0, 0.05) is 11.8 Å². The fourth-order valence-electron chi connectivity index (χ4n) is 2.50. The van der Waals surface area contributed by atoms with Gasteiger partial charge in [-0.3, -0.25) is 0 Å². The highest BCUT2D eigenvalue weighted by Gasteiger charge is 2.15. The van der Waals surface area contributed by atoms with E-state index in [1.807, 2.05) is 40.3 Å². The lowest BCUT2D eigenvalue weighted by atomic mass is 10.2. The second-order valence-electron chi connectivity index (χ2n) is 4.94. The van der Waals surface area contributed by atoms with Gasteiger partial charge in [-0.05, 0) is 29.6 Å². The van der Waals surface area contributed by atoms with E-state index in [0.29, 0.717) is 12.1 Å². The Kier molecular flexibility index (Phi) is 3.20. The van der Waals surface area contributed by atoms with Gasteiger partial charge in [0.25, 0.3) is 0 Å². The van der Waals surface area contributed by atoms with Gasteiger partial charge in [-0.1, -0.05) is 24.3 Å². The summed E-state index contributed by atoms with van der Waals surface area (Å²) in [6.07, 6.45) is 1.74. The third-order valence-corrected chi connectivity index (χ3v) is 4.40. The summed E-state index contributed by atoms with van der Waals surface area (Å²) < 4.78 is 16.0. The summed E-state index contributed by atoms with van der Waals surface area (Å²) in [4.78, 5) is 10.1. The summed E-state index contributed by atoms with van der Waals surface area (Å²) in [7, 11) is 0. The van der Waals surface area contributed by atoms with Crippen molar-refractivity contribution in [1.29, 1.82) is 0 Å². The van der Waals surface area contributed by atoms with Crippen molar-refractivity contribution in [3.05, 3.63) is 71.5 Å². The number of imidazole rings is 1. The first-order valence-electron chi connectivity index (χ1n) is 6.91. The van der Waals surface area contributed by atoms with Gasteiger partial charge >= 0.3 is 0 Å². The lowest BCUT2D eigenvalue weighted by Crippen LogP contribution is -2.04. The number of pyridine rings is 1. The smallest absolute Gasteiger partial charge is 0.160 e. The van der Waals surface area contributed by atoms with Gasteiger partial charge in [0.1, 0.15) is 11.3 Å². The molecule has 4 aromatic rings. The number of hydrogen-bond acceptors (Lipinski definition) is 3. The molecule has 0 aliphatic carbocycles. The average Bonchev–Trinajstić information content (AvgIpc) is 3.17. The van der Waals surface area contributed by atoms with Crippen LogP contribution in [0.5, 0.6) is 0 Å². The van der Waals surface area contributed by atoms with Crippen molar-refractivity contribution in [3.8, 4) is 10.7 Å². The maximum absolute atomic E-state index is 14.0. The predicted molar refractivity (Wildman–Crippen MR) is 86.3 cm³/mol. The van der Waals surface area contributed by atoms with Crippen LogP contribution in [0.25, 0.3) is 21.9 Å². The molecule has 3 aromatic heterocycles. The van der Waals surface area contributed by atoms with E-state index >= 15 is 0 Å². The van der Waals surface area contributed by atoms with Crippen molar-refractivity contribution >= 4 is 22.5 Å². The molecule has 108 valence electrons. The molecule has 0 bridgehead atoms. The highest BCUT2D eigenvalue weighted by Crippen LogP contribution is 2.28. The monoisotopic (exact) mass is 309 g/mol. The Bertz CT molecular complexity index is 928. The minimum atomic E-state index is -0.211. The number of benzene rings is 1. The summed E-state index contributed by atoms with van der Waals surface area (Å²) in [5, 5.41) is 2.01. The second kappa shape index (κ2) is 5.35. The zero-order valence-corrected chi connectivity index (χ0v) is 12.4. The highest BCUT2D eigenvalue weighted by molar-refractivity contribution is 7.13. The van der Waals surface area contributed by atoms with Crippen molar-refractivity contribution in [2.45, 2.75) is 6.54 Å². The molecular formula is C17H12FN3S. The first kappa shape index (κ1) is 13.2. The lowest BCUT2D eigenvalue weighted by Gasteiger charge is -2.08. The predicted octanol–water partition coefficient (Wildman–Crippen LogP) is 4.35. The van der Waals surface area contributed by atoms with Gasteiger partial charge in [0.2, 0.25) is 0 Å². The van der Waals surface area contributed by atoms with E-state index in [0.717, 1.165) is 21.9 Å². The summed E-state index contributed by atoms with van der Waals surface area (Å²) in [6.45, 7) is 0.410. The normalized spacial score (nSPS) is 11.1. The number of thiophene rings is 1. The van der Waals surface area contributed by atoms with Crippen molar-refractivity contribution in [1.82, 2.24) is 14.5 Å². The number of fused-ring (bicyclic) bond motifs is 1. The molecule has 0 aliphatic rings. The molecule has 0 radical (unpaired) electrons. The Balaban J connectivity index is 1.91. The highest BCUT2D eigenvalue weighted by atomic mass is 32.1. The van der Waals surface area contributed by atoms with E-state index in [4.69, 9.17) is 0 Å². The number of nitrogens with zero attached hydrogens (tertiary/aromatic N) is 3. The first-order valence-corrected chi connectivity index (χ1v) is 7.79. The summed E-state index contributed by atoms with van der Waals surface area (Å²) >= 11 is 1.62. The quantitative estimate of drug-likeness (QED) is 0.563. The molecule has 4 rings (SSSR count). The van der Waals surface area contributed by atoms with Crippen LogP contribution in [0.1, 0.15) is 5.56 Å². The third-order valence-electron chi connectivity index (χ3n) is 3.53. The minimum absolute atomic E-state index is 0.211. The first-order chi connectivity index (χ1) is 10.8. The lowest BCUT2D eigenvalue weighted by molar-refractivity contribution is 0.602. The Morgan fingerprint density at radius 2 is 1.95 bits per heavy atom. The van der Waals surface area contributed by atoms with Gasteiger partial charge in [-0.15, -0.1) is 11.3 Å². The van der Waals surface area contributed by atoms with Crippen LogP contribution in [-0.2, 0) is 6.54 Å². The van der Waals surface area contributed by atoms with Gasteiger partial charge < -0.3 is 4.57 Å². The number of hydrogen-bond donors (Lipinski definition) is 0. The molecular weight excluding hydrogens is 297 g/mol. The number of aromatic nitrogens is 3. The van der Waals surface area contributed by atoms with Gasteiger partial charge in [0.15, 0.2) is 11.5 Å². The van der Waals surface area contributed by atoms with Crippen LogP contribution in [0.4, 0.5) is 4.39 Å². The molecule has 0 amide bonds. The van der Waals surface area contributed by atoms with Crippen LogP contribution in [0.15, 0.2) is 60.1 Å². The Hall–Kier alpha value is -2.53. The molecule has 3 nitrogen and oxygen atoms in total. The maximum atomic E-state index is 14.0. The average molecular weight is 309 g/mol. The Morgan fingerprint density at radius 3 is 2.77 bits per heavy atom. The van der Waals surface area contributed by atoms with E-state index < -0.39 is 0 Å². The summed E-state index contributed by atoms with van der Waals surface area (Å²) in [6, 6.07) is 14.6. The largest absolute Gasteiger partial charge is 0.303 e. The molecule has 0 atom stereocenters. The number of rotatable bonds is 3. The van der Waals surface area contributed by atoms with Crippen LogP contribution < -0.4 is 0 Å². The fourth-order valence-corrected chi connectivity index (χ4v) is 3.22. The van der Waals surface area contributed by atoms with Crippen LogP contribution >= 0.6 is 11.3 Å². The minimum Gasteiger partial charge on any atom is -0.303 e. The fraction of sp³-hybridized carbons (Fsp3) is 0.0588. The molecule has 0 N–H and O–H groups in total. The Morgan fingerprint density at radius 1 is 1.05 bits per heavy atom. The standard InChI is InChI=1S/C17H12FN3S/c18-13-6-2-1-5-12(13)11-21-16-14(7-3-9-19-16)20-17(21)15-8-4-10-22-15/h1-10H,11H2. The molecule has 0 unspecified atom stereocenters. The molecule has 5 heteroatoms. The van der Waals surface area contributed by atoms with E-state index in [9.17, 15) is 4.39 Å². The molecule has 0 fully saturated rings. The van der Waals surface area contributed by atoms with E-state index in [1.54, 1.807) is 29.7 Å². The van der Waals surface area contributed by atoms with Crippen molar-refractivity contribution in [2.24, 2.45) is 0 Å². The molecule has 3 heterocycles. The van der Waals surface area contributed by atoms with E-state index in [1.165, 1.54) is 6.07 Å². The summed E-state index contributed by atoms with van der Waals surface area (Å²) in [5.74, 6) is 0.615. The van der Waals surface area contributed by atoms with Crippen LogP contribution in [-0.4, -0.2) is 14.5 Å². The molecule has 1 aromatic carbocycles. The van der Waals surface area contributed by atoms with Crippen LogP contribution in [0.3, 0.4) is 0 Å². The topological polar surface area (TPSA) is 30.7 Å². The molecule has 0 saturated carbocycles. The zero-order chi connectivity index (χ0) is 14.9. The van der Waals surface area contributed by atoms with Gasteiger partial charge in [-0.2, -0.15) is 0 Å². The third kappa shape index (κ3) is 2.19. The molecule has 0 spiro atoms. The maximum Gasteiger partial charge on any atom is 0.160 e. The Labute approximate surface area is 130 Å². The molecule has 22 heavy (non-hydrogen) atoms. The summed E-state index contributed by atoms with van der Waals surface area (Å²) in [5.41, 5.74) is 2.22. The molecule has 0 saturated heterocycles. The van der Waals surface area contributed by atoms with Crippen molar-refractivity contribution < 1.29 is 4.39 Å².